The zero-order valence-corrected chi connectivity index (χ0v) is 10.4. The summed E-state index contributed by atoms with van der Waals surface area (Å²) in [5.41, 5.74) is 2.00. The molecule has 0 aliphatic carbocycles. The Morgan fingerprint density at radius 2 is 2.11 bits per heavy atom. The Morgan fingerprint density at radius 1 is 1.33 bits per heavy atom. The SMILES string of the molecule is Cc1ccc(N/C=c2\sc3ncnn3c2=O)cc1. The Bertz CT molecular complexity index is 788. The second kappa shape index (κ2) is 4.23. The summed E-state index contributed by atoms with van der Waals surface area (Å²) < 4.78 is 1.89. The molecule has 0 spiro atoms. The zero-order valence-electron chi connectivity index (χ0n) is 9.62. The van der Waals surface area contributed by atoms with Crippen LogP contribution in [0.4, 0.5) is 5.69 Å². The van der Waals surface area contributed by atoms with Crippen molar-refractivity contribution in [3.63, 3.8) is 0 Å². The number of nitrogens with zero attached hydrogens (tertiary/aromatic N) is 3. The number of nitrogens with one attached hydrogen (secondary N) is 1. The molecule has 0 atom stereocenters. The molecular formula is C12H10N4OS. The van der Waals surface area contributed by atoms with Crippen LogP contribution in [0.5, 0.6) is 0 Å². The number of aromatic nitrogens is 3. The van der Waals surface area contributed by atoms with Gasteiger partial charge in [0.25, 0.3) is 5.56 Å². The average molecular weight is 258 g/mol. The van der Waals surface area contributed by atoms with Crippen LogP contribution in [0.2, 0.25) is 0 Å². The maximum atomic E-state index is 11.9. The van der Waals surface area contributed by atoms with Crippen LogP contribution in [0, 0.1) is 6.92 Å². The van der Waals surface area contributed by atoms with Crippen molar-refractivity contribution in [2.24, 2.45) is 0 Å². The molecule has 1 N–H and O–H groups in total. The quantitative estimate of drug-likeness (QED) is 0.746. The molecule has 0 amide bonds. The summed E-state index contributed by atoms with van der Waals surface area (Å²) in [6.45, 7) is 2.03. The second-order valence-corrected chi connectivity index (χ2v) is 4.89. The first-order valence-corrected chi connectivity index (χ1v) is 6.21. The van der Waals surface area contributed by atoms with E-state index in [0.29, 0.717) is 9.49 Å². The highest BCUT2D eigenvalue weighted by Crippen LogP contribution is 2.08. The van der Waals surface area contributed by atoms with E-state index >= 15 is 0 Å². The molecule has 0 bridgehead atoms. The first-order chi connectivity index (χ1) is 8.74. The monoisotopic (exact) mass is 258 g/mol. The summed E-state index contributed by atoms with van der Waals surface area (Å²) in [4.78, 5) is 16.5. The molecule has 2 aromatic heterocycles. The van der Waals surface area contributed by atoms with Crippen molar-refractivity contribution in [2.75, 3.05) is 5.32 Å². The number of thiazole rings is 1. The molecule has 5 nitrogen and oxygen atoms in total. The molecule has 90 valence electrons. The van der Waals surface area contributed by atoms with Crippen LogP contribution in [0.3, 0.4) is 0 Å². The van der Waals surface area contributed by atoms with Gasteiger partial charge in [-0.05, 0) is 19.1 Å². The number of benzene rings is 1. The predicted octanol–water partition coefficient (Wildman–Crippen LogP) is 1.03. The van der Waals surface area contributed by atoms with E-state index in [4.69, 9.17) is 0 Å². The summed E-state index contributed by atoms with van der Waals surface area (Å²) in [6.07, 6.45) is 3.07. The highest BCUT2D eigenvalue weighted by atomic mass is 32.1. The van der Waals surface area contributed by atoms with Crippen LogP contribution >= 0.6 is 11.3 Å². The highest BCUT2D eigenvalue weighted by molar-refractivity contribution is 7.15. The van der Waals surface area contributed by atoms with E-state index in [0.717, 1.165) is 5.69 Å². The third-order valence-electron chi connectivity index (χ3n) is 2.54. The van der Waals surface area contributed by atoms with Crippen molar-refractivity contribution in [1.82, 2.24) is 14.6 Å². The predicted molar refractivity (Wildman–Crippen MR) is 71.6 cm³/mol. The summed E-state index contributed by atoms with van der Waals surface area (Å²) in [5, 5.41) is 6.96. The summed E-state index contributed by atoms with van der Waals surface area (Å²) in [7, 11) is 0. The molecule has 0 saturated carbocycles. The fourth-order valence-electron chi connectivity index (χ4n) is 1.58. The minimum Gasteiger partial charge on any atom is -0.360 e. The molecule has 0 aliphatic heterocycles. The van der Waals surface area contributed by atoms with Gasteiger partial charge in [0.2, 0.25) is 4.96 Å². The second-order valence-electron chi connectivity index (χ2n) is 3.88. The fourth-order valence-corrected chi connectivity index (χ4v) is 2.38. The fraction of sp³-hybridized carbons (Fsp3) is 0.0833. The molecule has 1 aromatic carbocycles. The molecule has 0 unspecified atom stereocenters. The van der Waals surface area contributed by atoms with Gasteiger partial charge in [0.1, 0.15) is 10.9 Å². The van der Waals surface area contributed by atoms with Crippen LogP contribution in [0.25, 0.3) is 11.2 Å². The summed E-state index contributed by atoms with van der Waals surface area (Å²) in [5.74, 6) is 0. The maximum Gasteiger partial charge on any atom is 0.292 e. The van der Waals surface area contributed by atoms with Gasteiger partial charge in [0.15, 0.2) is 0 Å². The van der Waals surface area contributed by atoms with E-state index in [2.05, 4.69) is 15.4 Å². The van der Waals surface area contributed by atoms with Crippen molar-refractivity contribution in [2.45, 2.75) is 6.92 Å². The molecule has 0 aliphatic rings. The van der Waals surface area contributed by atoms with E-state index in [1.54, 1.807) is 6.20 Å². The largest absolute Gasteiger partial charge is 0.360 e. The summed E-state index contributed by atoms with van der Waals surface area (Å²) >= 11 is 1.31. The maximum absolute atomic E-state index is 11.9. The Balaban J connectivity index is 1.97. The van der Waals surface area contributed by atoms with Crippen molar-refractivity contribution in [3.8, 4) is 0 Å². The lowest BCUT2D eigenvalue weighted by molar-refractivity contribution is 0.932. The lowest BCUT2D eigenvalue weighted by atomic mass is 10.2. The first-order valence-electron chi connectivity index (χ1n) is 5.40. The molecule has 3 rings (SSSR count). The molecule has 0 fully saturated rings. The average Bonchev–Trinajstić information content (AvgIpc) is 2.93. The zero-order chi connectivity index (χ0) is 12.5. The number of hydrogen-bond acceptors (Lipinski definition) is 5. The van der Waals surface area contributed by atoms with E-state index in [-0.39, 0.29) is 5.56 Å². The normalized spacial score (nSPS) is 12.2. The third-order valence-corrected chi connectivity index (χ3v) is 3.52. The first kappa shape index (κ1) is 10.9. The van der Waals surface area contributed by atoms with Crippen LogP contribution in [0.15, 0.2) is 35.4 Å². The Kier molecular flexibility index (Phi) is 2.56. The van der Waals surface area contributed by atoms with E-state index < -0.39 is 0 Å². The van der Waals surface area contributed by atoms with Crippen LogP contribution in [-0.2, 0) is 0 Å². The molecule has 2 heterocycles. The Hall–Kier alpha value is -2.21. The van der Waals surface area contributed by atoms with E-state index in [1.807, 2.05) is 31.2 Å². The van der Waals surface area contributed by atoms with Crippen molar-refractivity contribution < 1.29 is 0 Å². The van der Waals surface area contributed by atoms with Crippen molar-refractivity contribution >= 4 is 28.2 Å². The van der Waals surface area contributed by atoms with Gasteiger partial charge in [-0.25, -0.2) is 4.98 Å². The molecule has 6 heteroatoms. The molecule has 3 aromatic rings. The van der Waals surface area contributed by atoms with Gasteiger partial charge in [-0.15, -0.1) is 0 Å². The Labute approximate surface area is 106 Å². The van der Waals surface area contributed by atoms with E-state index in [1.165, 1.54) is 27.7 Å². The van der Waals surface area contributed by atoms with Crippen LogP contribution in [0.1, 0.15) is 5.56 Å². The smallest absolute Gasteiger partial charge is 0.292 e. The lowest BCUT2D eigenvalue weighted by Crippen LogP contribution is -2.24. The Morgan fingerprint density at radius 3 is 2.83 bits per heavy atom. The number of rotatable bonds is 2. The minimum absolute atomic E-state index is 0.146. The molecule has 18 heavy (non-hydrogen) atoms. The molecule has 0 saturated heterocycles. The van der Waals surface area contributed by atoms with Crippen molar-refractivity contribution in [3.05, 3.63) is 51.0 Å². The van der Waals surface area contributed by atoms with Crippen molar-refractivity contribution in [1.29, 1.82) is 0 Å². The highest BCUT2D eigenvalue weighted by Gasteiger charge is 2.04. The number of hydrogen-bond donors (Lipinski definition) is 1. The number of aryl methyl sites for hydroxylation is 1. The van der Waals surface area contributed by atoms with Crippen LogP contribution < -0.4 is 15.4 Å². The van der Waals surface area contributed by atoms with Crippen LogP contribution in [-0.4, -0.2) is 14.6 Å². The van der Waals surface area contributed by atoms with Gasteiger partial charge in [-0.3, -0.25) is 4.79 Å². The lowest BCUT2D eigenvalue weighted by Gasteiger charge is -1.99. The van der Waals surface area contributed by atoms with Gasteiger partial charge in [0, 0.05) is 11.9 Å². The van der Waals surface area contributed by atoms with Gasteiger partial charge in [0.05, 0.1) is 0 Å². The van der Waals surface area contributed by atoms with E-state index in [9.17, 15) is 4.79 Å². The van der Waals surface area contributed by atoms with Gasteiger partial charge < -0.3 is 5.32 Å². The molecule has 0 radical (unpaired) electrons. The van der Waals surface area contributed by atoms with Gasteiger partial charge >= 0.3 is 0 Å². The molecular weight excluding hydrogens is 248 g/mol. The number of fused-ring (bicyclic) bond motifs is 1. The minimum atomic E-state index is -0.146. The standard InChI is InChI=1S/C12H10N4OS/c1-8-2-4-9(5-3-8)13-6-10-11(17)16-12(18-10)14-7-15-16/h2-7,13H,1H3/b10-6-. The third kappa shape index (κ3) is 1.86. The summed E-state index contributed by atoms with van der Waals surface area (Å²) in [6, 6.07) is 7.95. The topological polar surface area (TPSA) is 59.3 Å². The van der Waals surface area contributed by atoms with Gasteiger partial charge in [-0.2, -0.15) is 9.61 Å². The number of anilines is 1. The van der Waals surface area contributed by atoms with Gasteiger partial charge in [-0.1, -0.05) is 29.0 Å².